The number of hydrogen-bond acceptors (Lipinski definition) is 4. The molecule has 0 aliphatic carbocycles. The summed E-state index contributed by atoms with van der Waals surface area (Å²) in [6, 6.07) is 7.70. The molecule has 6 heteroatoms. The molecule has 0 aliphatic heterocycles. The zero-order valence-corrected chi connectivity index (χ0v) is 10.0. The van der Waals surface area contributed by atoms with Crippen LogP contribution >= 0.6 is 35.2 Å². The number of nitrogens with one attached hydrogen (secondary N) is 2. The van der Waals surface area contributed by atoms with Crippen molar-refractivity contribution in [1.29, 1.82) is 0 Å². The fraction of sp³-hybridized carbons (Fsp3) is 0.111. The Bertz CT molecular complexity index is 506. The first-order valence-electron chi connectivity index (χ1n) is 4.28. The number of halogens is 1. The zero-order chi connectivity index (χ0) is 10.7. The van der Waals surface area contributed by atoms with Gasteiger partial charge in [0.25, 0.3) is 0 Å². The summed E-state index contributed by atoms with van der Waals surface area (Å²) in [7, 11) is 0. The average Bonchev–Trinajstić information content (AvgIpc) is 2.62. The summed E-state index contributed by atoms with van der Waals surface area (Å²) in [6.07, 6.45) is 0. The maximum absolute atomic E-state index is 5.87. The summed E-state index contributed by atoms with van der Waals surface area (Å²) < 4.78 is 0.670. The van der Waals surface area contributed by atoms with Crippen LogP contribution < -0.4 is 5.32 Å². The summed E-state index contributed by atoms with van der Waals surface area (Å²) in [5, 5.41) is 11.4. The van der Waals surface area contributed by atoms with Crippen molar-refractivity contribution in [3.63, 3.8) is 0 Å². The van der Waals surface area contributed by atoms with Gasteiger partial charge in [-0.05, 0) is 29.9 Å². The Labute approximate surface area is 101 Å². The van der Waals surface area contributed by atoms with Crippen molar-refractivity contribution >= 4 is 40.3 Å². The van der Waals surface area contributed by atoms with E-state index in [1.54, 1.807) is 0 Å². The van der Waals surface area contributed by atoms with Gasteiger partial charge < -0.3 is 5.32 Å². The second-order valence-corrected chi connectivity index (χ2v) is 5.00. The SMILES string of the molecule is S=c1[nH]nc(NCc2cccc(Cl)c2)s1. The van der Waals surface area contributed by atoms with E-state index in [1.807, 2.05) is 24.3 Å². The molecule has 2 N–H and O–H groups in total. The third kappa shape index (κ3) is 3.02. The van der Waals surface area contributed by atoms with E-state index in [2.05, 4.69) is 15.5 Å². The molecule has 0 amide bonds. The van der Waals surface area contributed by atoms with E-state index in [-0.39, 0.29) is 0 Å². The van der Waals surface area contributed by atoms with Crippen molar-refractivity contribution in [1.82, 2.24) is 10.2 Å². The van der Waals surface area contributed by atoms with Crippen LogP contribution in [-0.2, 0) is 6.54 Å². The van der Waals surface area contributed by atoms with Gasteiger partial charge >= 0.3 is 0 Å². The van der Waals surface area contributed by atoms with Gasteiger partial charge in [0, 0.05) is 11.6 Å². The Kier molecular flexibility index (Phi) is 3.35. The molecule has 1 heterocycles. The van der Waals surface area contributed by atoms with E-state index in [1.165, 1.54) is 11.3 Å². The van der Waals surface area contributed by atoms with Crippen molar-refractivity contribution < 1.29 is 0 Å². The monoisotopic (exact) mass is 257 g/mol. The second kappa shape index (κ2) is 4.74. The number of nitrogens with zero attached hydrogens (tertiary/aromatic N) is 1. The van der Waals surface area contributed by atoms with Gasteiger partial charge in [0.05, 0.1) is 0 Å². The lowest BCUT2D eigenvalue weighted by Crippen LogP contribution is -1.98. The highest BCUT2D eigenvalue weighted by atomic mass is 35.5. The summed E-state index contributed by atoms with van der Waals surface area (Å²) in [4.78, 5) is 0. The lowest BCUT2D eigenvalue weighted by Gasteiger charge is -2.02. The van der Waals surface area contributed by atoms with Gasteiger partial charge in [0.2, 0.25) is 5.13 Å². The minimum absolute atomic E-state index is 0.670. The van der Waals surface area contributed by atoms with Crippen LogP contribution in [0.25, 0.3) is 0 Å². The summed E-state index contributed by atoms with van der Waals surface area (Å²) in [5.41, 5.74) is 1.11. The van der Waals surface area contributed by atoms with Crippen LogP contribution in [0.2, 0.25) is 5.02 Å². The minimum Gasteiger partial charge on any atom is -0.356 e. The normalized spacial score (nSPS) is 10.2. The first kappa shape index (κ1) is 10.6. The van der Waals surface area contributed by atoms with E-state index in [0.717, 1.165) is 15.7 Å². The lowest BCUT2D eigenvalue weighted by atomic mass is 10.2. The van der Waals surface area contributed by atoms with Gasteiger partial charge in [0.1, 0.15) is 0 Å². The van der Waals surface area contributed by atoms with Gasteiger partial charge in [-0.25, -0.2) is 0 Å². The van der Waals surface area contributed by atoms with E-state index < -0.39 is 0 Å². The molecule has 15 heavy (non-hydrogen) atoms. The smallest absolute Gasteiger partial charge is 0.204 e. The van der Waals surface area contributed by atoms with Gasteiger partial charge in [-0.3, -0.25) is 5.10 Å². The number of H-pyrrole nitrogens is 1. The molecule has 1 aromatic carbocycles. The predicted octanol–water partition coefficient (Wildman–Crippen LogP) is 3.47. The molecule has 0 aliphatic rings. The van der Waals surface area contributed by atoms with E-state index >= 15 is 0 Å². The highest BCUT2D eigenvalue weighted by Gasteiger charge is 1.97. The maximum Gasteiger partial charge on any atom is 0.204 e. The molecule has 0 spiro atoms. The molecular formula is C9H8ClN3S2. The molecular weight excluding hydrogens is 250 g/mol. The molecule has 0 atom stereocenters. The first-order chi connectivity index (χ1) is 7.24. The molecule has 0 fully saturated rings. The number of benzene rings is 1. The third-order valence-corrected chi connectivity index (χ3v) is 3.05. The Hall–Kier alpha value is -0.910. The highest BCUT2D eigenvalue weighted by Crippen LogP contribution is 2.14. The van der Waals surface area contributed by atoms with Crippen LogP contribution in [0.4, 0.5) is 5.13 Å². The molecule has 78 valence electrons. The molecule has 0 bridgehead atoms. The Morgan fingerprint density at radius 1 is 1.53 bits per heavy atom. The molecule has 0 unspecified atom stereocenters. The minimum atomic E-state index is 0.670. The number of aromatic amines is 1. The fourth-order valence-corrected chi connectivity index (χ4v) is 2.13. The number of hydrogen-bond donors (Lipinski definition) is 2. The summed E-state index contributed by atoms with van der Waals surface area (Å²) in [5.74, 6) is 0. The standard InChI is InChI=1S/C9H8ClN3S2/c10-7-3-1-2-6(4-7)5-11-8-12-13-9(14)15-8/h1-4H,5H2,(H,11,12)(H,13,14). The van der Waals surface area contributed by atoms with Gasteiger partial charge in [-0.1, -0.05) is 35.1 Å². The van der Waals surface area contributed by atoms with E-state index in [9.17, 15) is 0 Å². The van der Waals surface area contributed by atoms with Crippen LogP contribution in [0.5, 0.6) is 0 Å². The van der Waals surface area contributed by atoms with Crippen LogP contribution in [0.15, 0.2) is 24.3 Å². The molecule has 0 saturated carbocycles. The summed E-state index contributed by atoms with van der Waals surface area (Å²) in [6.45, 7) is 0.691. The highest BCUT2D eigenvalue weighted by molar-refractivity contribution is 7.73. The number of aromatic nitrogens is 2. The van der Waals surface area contributed by atoms with Crippen LogP contribution in [-0.4, -0.2) is 10.2 Å². The van der Waals surface area contributed by atoms with Crippen molar-refractivity contribution in [2.45, 2.75) is 6.54 Å². The fourth-order valence-electron chi connectivity index (χ4n) is 1.13. The molecule has 3 nitrogen and oxygen atoms in total. The van der Waals surface area contributed by atoms with Crippen molar-refractivity contribution in [3.05, 3.63) is 38.8 Å². The van der Waals surface area contributed by atoms with E-state index in [0.29, 0.717) is 10.5 Å². The summed E-state index contributed by atoms with van der Waals surface area (Å²) >= 11 is 12.2. The van der Waals surface area contributed by atoms with Crippen LogP contribution in [0.1, 0.15) is 5.56 Å². The Morgan fingerprint density at radius 3 is 3.07 bits per heavy atom. The number of rotatable bonds is 3. The molecule has 0 saturated heterocycles. The first-order valence-corrected chi connectivity index (χ1v) is 5.88. The lowest BCUT2D eigenvalue weighted by molar-refractivity contribution is 1.04. The largest absolute Gasteiger partial charge is 0.356 e. The molecule has 2 rings (SSSR count). The average molecular weight is 258 g/mol. The molecule has 0 radical (unpaired) electrons. The van der Waals surface area contributed by atoms with Gasteiger partial charge in [-0.15, -0.1) is 5.10 Å². The van der Waals surface area contributed by atoms with Crippen molar-refractivity contribution in [2.75, 3.05) is 5.32 Å². The van der Waals surface area contributed by atoms with Crippen molar-refractivity contribution in [2.24, 2.45) is 0 Å². The Morgan fingerprint density at radius 2 is 2.40 bits per heavy atom. The third-order valence-electron chi connectivity index (χ3n) is 1.77. The zero-order valence-electron chi connectivity index (χ0n) is 7.66. The van der Waals surface area contributed by atoms with Crippen molar-refractivity contribution in [3.8, 4) is 0 Å². The van der Waals surface area contributed by atoms with Crippen LogP contribution in [0.3, 0.4) is 0 Å². The van der Waals surface area contributed by atoms with Gasteiger partial charge in [-0.2, -0.15) is 0 Å². The maximum atomic E-state index is 5.87. The topological polar surface area (TPSA) is 40.7 Å². The van der Waals surface area contributed by atoms with E-state index in [4.69, 9.17) is 23.8 Å². The quantitative estimate of drug-likeness (QED) is 0.828. The molecule has 2 aromatic rings. The van der Waals surface area contributed by atoms with Crippen LogP contribution in [0, 0.1) is 3.95 Å². The second-order valence-electron chi connectivity index (χ2n) is 2.90. The number of anilines is 1. The Balaban J connectivity index is 2.02. The predicted molar refractivity (Wildman–Crippen MR) is 66.1 cm³/mol. The van der Waals surface area contributed by atoms with Gasteiger partial charge in [0.15, 0.2) is 3.95 Å². The molecule has 1 aromatic heterocycles.